The molecule has 4 N–H and O–H groups in total. The molecule has 1 aromatic rings. The lowest BCUT2D eigenvalue weighted by molar-refractivity contribution is -0.126. The molecule has 1 saturated heterocycles. The standard InChI is InChI=1S/C14H18N2O4/c1-8-10(14(18)19)3-2-4-11(8)16-13(17)12-6-5-9(7-15)20-12/h2-4,9,12H,5-7,15H2,1H3,(H,16,17)(H,18,19). The van der Waals surface area contributed by atoms with Crippen LogP contribution in [0.4, 0.5) is 5.69 Å². The Morgan fingerprint density at radius 3 is 2.80 bits per heavy atom. The maximum absolute atomic E-state index is 12.1. The maximum Gasteiger partial charge on any atom is 0.336 e. The molecule has 0 radical (unpaired) electrons. The Labute approximate surface area is 116 Å². The van der Waals surface area contributed by atoms with Crippen LogP contribution in [0.5, 0.6) is 0 Å². The van der Waals surface area contributed by atoms with Crippen molar-refractivity contribution in [2.45, 2.75) is 32.0 Å². The van der Waals surface area contributed by atoms with Gasteiger partial charge in [-0.05, 0) is 37.5 Å². The van der Waals surface area contributed by atoms with Crippen LogP contribution in [0, 0.1) is 6.92 Å². The van der Waals surface area contributed by atoms with Crippen LogP contribution in [0.15, 0.2) is 18.2 Å². The molecule has 0 spiro atoms. The van der Waals surface area contributed by atoms with Crippen molar-refractivity contribution in [1.82, 2.24) is 0 Å². The third-order valence-corrected chi connectivity index (χ3v) is 3.48. The molecular formula is C14H18N2O4. The van der Waals surface area contributed by atoms with Crippen molar-refractivity contribution < 1.29 is 19.4 Å². The van der Waals surface area contributed by atoms with Crippen LogP contribution in [0.25, 0.3) is 0 Å². The van der Waals surface area contributed by atoms with Gasteiger partial charge in [-0.2, -0.15) is 0 Å². The number of anilines is 1. The second kappa shape index (κ2) is 6.02. The molecule has 0 aromatic heterocycles. The van der Waals surface area contributed by atoms with E-state index in [2.05, 4.69) is 5.32 Å². The summed E-state index contributed by atoms with van der Waals surface area (Å²) in [6.45, 7) is 2.06. The number of benzene rings is 1. The lowest BCUT2D eigenvalue weighted by atomic mass is 10.1. The predicted molar refractivity (Wildman–Crippen MR) is 73.7 cm³/mol. The van der Waals surface area contributed by atoms with E-state index in [0.29, 0.717) is 24.2 Å². The van der Waals surface area contributed by atoms with Crippen molar-refractivity contribution in [2.75, 3.05) is 11.9 Å². The molecule has 2 atom stereocenters. The number of aromatic carboxylic acids is 1. The van der Waals surface area contributed by atoms with E-state index in [1.165, 1.54) is 6.07 Å². The third kappa shape index (κ3) is 2.97. The second-order valence-electron chi connectivity index (χ2n) is 4.83. The molecule has 6 heteroatoms. The number of rotatable bonds is 4. The normalized spacial score (nSPS) is 21.7. The zero-order valence-corrected chi connectivity index (χ0v) is 11.3. The Morgan fingerprint density at radius 1 is 1.45 bits per heavy atom. The van der Waals surface area contributed by atoms with Gasteiger partial charge in [0.15, 0.2) is 0 Å². The number of carbonyl (C=O) groups is 2. The molecule has 1 heterocycles. The van der Waals surface area contributed by atoms with Crippen molar-refractivity contribution >= 4 is 17.6 Å². The molecule has 1 fully saturated rings. The van der Waals surface area contributed by atoms with E-state index in [1.807, 2.05) is 0 Å². The average Bonchev–Trinajstić information content (AvgIpc) is 2.89. The zero-order chi connectivity index (χ0) is 14.7. The van der Waals surface area contributed by atoms with Crippen LogP contribution in [0.2, 0.25) is 0 Å². The van der Waals surface area contributed by atoms with Gasteiger partial charge in [-0.15, -0.1) is 0 Å². The number of carboxylic acids is 1. The van der Waals surface area contributed by atoms with Gasteiger partial charge in [0, 0.05) is 12.2 Å². The van der Waals surface area contributed by atoms with Gasteiger partial charge < -0.3 is 20.9 Å². The van der Waals surface area contributed by atoms with Gasteiger partial charge >= 0.3 is 5.97 Å². The summed E-state index contributed by atoms with van der Waals surface area (Å²) in [5.41, 5.74) is 6.70. The summed E-state index contributed by atoms with van der Waals surface area (Å²) >= 11 is 0. The van der Waals surface area contributed by atoms with E-state index in [0.717, 1.165) is 6.42 Å². The first kappa shape index (κ1) is 14.5. The van der Waals surface area contributed by atoms with Crippen LogP contribution < -0.4 is 11.1 Å². The molecule has 2 unspecified atom stereocenters. The third-order valence-electron chi connectivity index (χ3n) is 3.48. The molecule has 1 amide bonds. The number of nitrogens with two attached hydrogens (primary N) is 1. The molecule has 20 heavy (non-hydrogen) atoms. The molecular weight excluding hydrogens is 260 g/mol. The summed E-state index contributed by atoms with van der Waals surface area (Å²) in [6.07, 6.45) is 0.808. The summed E-state index contributed by atoms with van der Waals surface area (Å²) in [5.74, 6) is -1.27. The topological polar surface area (TPSA) is 102 Å². The molecule has 0 saturated carbocycles. The van der Waals surface area contributed by atoms with E-state index >= 15 is 0 Å². The highest BCUT2D eigenvalue weighted by molar-refractivity contribution is 5.97. The number of amides is 1. The van der Waals surface area contributed by atoms with E-state index in [1.54, 1.807) is 19.1 Å². The highest BCUT2D eigenvalue weighted by Gasteiger charge is 2.30. The molecule has 108 valence electrons. The first-order valence-corrected chi connectivity index (χ1v) is 6.52. The summed E-state index contributed by atoms with van der Waals surface area (Å²) in [5, 5.41) is 11.8. The fraction of sp³-hybridized carbons (Fsp3) is 0.429. The number of ether oxygens (including phenoxy) is 1. The molecule has 1 aromatic carbocycles. The maximum atomic E-state index is 12.1. The highest BCUT2D eigenvalue weighted by Crippen LogP contribution is 2.23. The Hall–Kier alpha value is -1.92. The van der Waals surface area contributed by atoms with E-state index < -0.39 is 12.1 Å². The highest BCUT2D eigenvalue weighted by atomic mass is 16.5. The fourth-order valence-electron chi connectivity index (χ4n) is 2.29. The first-order chi connectivity index (χ1) is 9.52. The molecule has 1 aliphatic rings. The van der Waals surface area contributed by atoms with Crippen molar-refractivity contribution in [1.29, 1.82) is 0 Å². The van der Waals surface area contributed by atoms with Crippen LogP contribution in [-0.4, -0.2) is 35.7 Å². The molecule has 6 nitrogen and oxygen atoms in total. The van der Waals surface area contributed by atoms with Crippen LogP contribution >= 0.6 is 0 Å². The van der Waals surface area contributed by atoms with E-state index in [-0.39, 0.29) is 17.6 Å². The van der Waals surface area contributed by atoms with Crippen molar-refractivity contribution in [2.24, 2.45) is 5.73 Å². The van der Waals surface area contributed by atoms with Gasteiger partial charge in [-0.3, -0.25) is 4.79 Å². The molecule has 1 aliphatic heterocycles. The quantitative estimate of drug-likeness (QED) is 0.766. The van der Waals surface area contributed by atoms with Gasteiger partial charge in [0.1, 0.15) is 6.10 Å². The minimum Gasteiger partial charge on any atom is -0.478 e. The van der Waals surface area contributed by atoms with Crippen molar-refractivity contribution in [3.05, 3.63) is 29.3 Å². The van der Waals surface area contributed by atoms with Gasteiger partial charge in [0.2, 0.25) is 0 Å². The first-order valence-electron chi connectivity index (χ1n) is 6.52. The fourth-order valence-corrected chi connectivity index (χ4v) is 2.29. The second-order valence-corrected chi connectivity index (χ2v) is 4.83. The predicted octanol–water partition coefficient (Wildman–Crippen LogP) is 1.14. The zero-order valence-electron chi connectivity index (χ0n) is 11.3. The Morgan fingerprint density at radius 2 is 2.20 bits per heavy atom. The molecule has 0 aliphatic carbocycles. The van der Waals surface area contributed by atoms with Crippen LogP contribution in [0.3, 0.4) is 0 Å². The van der Waals surface area contributed by atoms with Crippen LogP contribution in [-0.2, 0) is 9.53 Å². The molecule has 2 rings (SSSR count). The van der Waals surface area contributed by atoms with Crippen molar-refractivity contribution in [3.63, 3.8) is 0 Å². The number of carbonyl (C=O) groups excluding carboxylic acids is 1. The summed E-state index contributed by atoms with van der Waals surface area (Å²) < 4.78 is 5.51. The Bertz CT molecular complexity index is 530. The van der Waals surface area contributed by atoms with Gasteiger partial charge in [0.25, 0.3) is 5.91 Å². The smallest absolute Gasteiger partial charge is 0.336 e. The number of nitrogens with one attached hydrogen (secondary N) is 1. The minimum atomic E-state index is -1.01. The SMILES string of the molecule is Cc1c(NC(=O)C2CCC(CN)O2)cccc1C(=O)O. The lowest BCUT2D eigenvalue weighted by Gasteiger charge is -2.14. The summed E-state index contributed by atoms with van der Waals surface area (Å²) in [7, 11) is 0. The largest absolute Gasteiger partial charge is 0.478 e. The van der Waals surface area contributed by atoms with E-state index in [4.69, 9.17) is 15.6 Å². The number of hydrogen-bond acceptors (Lipinski definition) is 4. The Kier molecular flexibility index (Phi) is 4.36. The monoisotopic (exact) mass is 278 g/mol. The summed E-state index contributed by atoms with van der Waals surface area (Å²) in [6, 6.07) is 4.78. The summed E-state index contributed by atoms with van der Waals surface area (Å²) in [4.78, 5) is 23.1. The van der Waals surface area contributed by atoms with Gasteiger partial charge in [0.05, 0.1) is 11.7 Å². The number of hydrogen-bond donors (Lipinski definition) is 3. The van der Waals surface area contributed by atoms with E-state index in [9.17, 15) is 9.59 Å². The van der Waals surface area contributed by atoms with Gasteiger partial charge in [-0.1, -0.05) is 6.07 Å². The lowest BCUT2D eigenvalue weighted by Crippen LogP contribution is -2.30. The minimum absolute atomic E-state index is 0.0720. The average molecular weight is 278 g/mol. The van der Waals surface area contributed by atoms with Crippen LogP contribution in [0.1, 0.15) is 28.8 Å². The van der Waals surface area contributed by atoms with Gasteiger partial charge in [-0.25, -0.2) is 4.79 Å². The van der Waals surface area contributed by atoms with Crippen molar-refractivity contribution in [3.8, 4) is 0 Å². The number of carboxylic acid groups (broad SMARTS) is 1. The Balaban J connectivity index is 2.09. The molecule has 0 bridgehead atoms.